The molecule has 3 heterocycles. The Morgan fingerprint density at radius 2 is 2.03 bits per heavy atom. The van der Waals surface area contributed by atoms with Crippen molar-refractivity contribution in [2.45, 2.75) is 51.5 Å². The number of carbonyl (C=O) groups is 1. The minimum absolute atomic E-state index is 0.0630. The van der Waals surface area contributed by atoms with Gasteiger partial charge in [0.05, 0.1) is 23.8 Å². The van der Waals surface area contributed by atoms with Crippen molar-refractivity contribution in [2.75, 3.05) is 19.6 Å². The second kappa shape index (κ2) is 11.2. The molecule has 4 rings (SSSR count). The van der Waals surface area contributed by atoms with Crippen molar-refractivity contribution in [1.82, 2.24) is 31.6 Å². The Labute approximate surface area is 210 Å². The summed E-state index contributed by atoms with van der Waals surface area (Å²) in [6.07, 6.45) is 5.15. The Kier molecular flexibility index (Phi) is 8.04. The molecule has 11 heteroatoms. The van der Waals surface area contributed by atoms with Gasteiger partial charge in [0.25, 0.3) is 0 Å². The number of aliphatic imine (C=N–C) groups is 1. The SMILES string of the molecule is CC1=NNC(c2cc(Cl)ccc2F)C=C1NC1C=C(NC(=O)CCN2C[C@@H](C)N[C@@H](C)C2)NC=N1. The van der Waals surface area contributed by atoms with Crippen LogP contribution in [0.15, 0.2) is 52.0 Å². The van der Waals surface area contributed by atoms with E-state index in [1.54, 1.807) is 12.1 Å². The molecule has 0 aromatic heterocycles. The normalized spacial score (nSPS) is 26.6. The quantitative estimate of drug-likeness (QED) is 0.390. The summed E-state index contributed by atoms with van der Waals surface area (Å²) < 4.78 is 14.3. The smallest absolute Gasteiger partial charge is 0.226 e. The Morgan fingerprint density at radius 1 is 1.26 bits per heavy atom. The van der Waals surface area contributed by atoms with E-state index in [1.165, 1.54) is 18.5 Å². The van der Waals surface area contributed by atoms with E-state index in [0.29, 0.717) is 52.9 Å². The highest BCUT2D eigenvalue weighted by Gasteiger charge is 2.23. The third kappa shape index (κ3) is 6.81. The summed E-state index contributed by atoms with van der Waals surface area (Å²) in [5.74, 6) is 0.129. The highest BCUT2D eigenvalue weighted by atomic mass is 35.5. The minimum Gasteiger partial charge on any atom is -0.359 e. The zero-order valence-electron chi connectivity index (χ0n) is 20.1. The maximum atomic E-state index is 14.3. The van der Waals surface area contributed by atoms with E-state index in [2.05, 4.69) is 55.5 Å². The van der Waals surface area contributed by atoms with Crippen LogP contribution in [0.1, 0.15) is 38.8 Å². The van der Waals surface area contributed by atoms with Gasteiger partial charge >= 0.3 is 0 Å². The molecule has 1 aromatic carbocycles. The van der Waals surface area contributed by atoms with Gasteiger partial charge in [-0.3, -0.25) is 15.1 Å². The molecule has 2 unspecified atom stereocenters. The predicted octanol–water partition coefficient (Wildman–Crippen LogP) is 1.96. The van der Waals surface area contributed by atoms with Crippen LogP contribution in [-0.2, 0) is 4.79 Å². The molecule has 188 valence electrons. The van der Waals surface area contributed by atoms with Crippen LogP contribution < -0.4 is 26.7 Å². The fourth-order valence-electron chi connectivity index (χ4n) is 4.46. The van der Waals surface area contributed by atoms with Crippen LogP contribution in [0.25, 0.3) is 0 Å². The minimum atomic E-state index is -0.482. The molecule has 0 aliphatic carbocycles. The van der Waals surface area contributed by atoms with Crippen LogP contribution in [0.3, 0.4) is 0 Å². The molecule has 0 spiro atoms. The lowest BCUT2D eigenvalue weighted by Gasteiger charge is -2.36. The van der Waals surface area contributed by atoms with Gasteiger partial charge in [-0.25, -0.2) is 9.38 Å². The molecule has 0 bridgehead atoms. The molecule has 3 aliphatic heterocycles. The fourth-order valence-corrected chi connectivity index (χ4v) is 4.64. The molecule has 1 saturated heterocycles. The van der Waals surface area contributed by atoms with E-state index in [9.17, 15) is 9.18 Å². The lowest BCUT2D eigenvalue weighted by Crippen LogP contribution is -2.54. The molecular weight excluding hydrogens is 471 g/mol. The van der Waals surface area contributed by atoms with Gasteiger partial charge in [0.15, 0.2) is 0 Å². The predicted molar refractivity (Wildman–Crippen MR) is 136 cm³/mol. The van der Waals surface area contributed by atoms with Crippen LogP contribution in [0, 0.1) is 5.82 Å². The van der Waals surface area contributed by atoms with Gasteiger partial charge in [0.2, 0.25) is 5.91 Å². The van der Waals surface area contributed by atoms with Gasteiger partial charge in [-0.2, -0.15) is 5.10 Å². The third-order valence-corrected chi connectivity index (χ3v) is 6.27. The first-order chi connectivity index (χ1) is 16.8. The first-order valence-corrected chi connectivity index (χ1v) is 12.2. The van der Waals surface area contributed by atoms with Crippen molar-refractivity contribution in [3.8, 4) is 0 Å². The molecule has 1 amide bonds. The number of nitrogens with one attached hydrogen (secondary N) is 5. The van der Waals surface area contributed by atoms with Gasteiger partial charge in [-0.15, -0.1) is 0 Å². The summed E-state index contributed by atoms with van der Waals surface area (Å²) in [6, 6.07) is 4.78. The summed E-state index contributed by atoms with van der Waals surface area (Å²) in [5.41, 5.74) is 4.76. The average molecular weight is 503 g/mol. The zero-order chi connectivity index (χ0) is 24.9. The average Bonchev–Trinajstić information content (AvgIpc) is 2.80. The van der Waals surface area contributed by atoms with Crippen LogP contribution in [0.4, 0.5) is 4.39 Å². The maximum absolute atomic E-state index is 14.3. The summed E-state index contributed by atoms with van der Waals surface area (Å²) >= 11 is 6.05. The van der Waals surface area contributed by atoms with Crippen LogP contribution in [-0.4, -0.2) is 60.7 Å². The van der Waals surface area contributed by atoms with E-state index in [-0.39, 0.29) is 11.7 Å². The second-order valence-corrected chi connectivity index (χ2v) is 9.61. The number of halogens is 2. The standard InChI is InChI=1S/C24H32ClFN8O/c1-14-11-34(12-15(2)29-14)7-6-24(35)31-23-10-22(27-13-28-23)30-20-9-21(33-32-16(20)3)18-8-17(25)4-5-19(18)26/h4-5,8-10,13-15,21-22,29-30,33H,6-7,11-12H2,1-3H3,(H,27,28)(H,31,35)/t14-,15+,21?,22?. The Bertz CT molecular complexity index is 1060. The van der Waals surface area contributed by atoms with E-state index in [1.807, 2.05) is 13.0 Å². The third-order valence-electron chi connectivity index (χ3n) is 6.03. The van der Waals surface area contributed by atoms with E-state index < -0.39 is 12.2 Å². The number of rotatable bonds is 7. The Morgan fingerprint density at radius 3 is 2.80 bits per heavy atom. The number of hydrogen-bond acceptors (Lipinski definition) is 8. The number of nitrogens with zero attached hydrogens (tertiary/aromatic N) is 3. The van der Waals surface area contributed by atoms with Crippen molar-refractivity contribution in [3.05, 3.63) is 58.3 Å². The van der Waals surface area contributed by atoms with E-state index in [0.717, 1.165) is 13.1 Å². The first kappa shape index (κ1) is 25.2. The lowest BCUT2D eigenvalue weighted by molar-refractivity contribution is -0.120. The highest BCUT2D eigenvalue weighted by Crippen LogP contribution is 2.25. The summed E-state index contributed by atoms with van der Waals surface area (Å²) in [5, 5.41) is 17.4. The number of hydrazone groups is 1. The number of carbonyl (C=O) groups excluding carboxylic acids is 1. The first-order valence-electron chi connectivity index (χ1n) is 11.8. The number of amides is 1. The molecular formula is C24H32ClFN8O. The fraction of sp³-hybridized carbons (Fsp3) is 0.458. The maximum Gasteiger partial charge on any atom is 0.226 e. The van der Waals surface area contributed by atoms with Gasteiger partial charge in [0.1, 0.15) is 17.8 Å². The lowest BCUT2D eigenvalue weighted by atomic mass is 10.0. The van der Waals surface area contributed by atoms with E-state index in [4.69, 9.17) is 11.6 Å². The van der Waals surface area contributed by atoms with Crippen molar-refractivity contribution >= 4 is 29.6 Å². The van der Waals surface area contributed by atoms with Crippen molar-refractivity contribution in [3.63, 3.8) is 0 Å². The monoisotopic (exact) mass is 502 g/mol. The summed E-state index contributed by atoms with van der Waals surface area (Å²) in [6.45, 7) is 8.73. The highest BCUT2D eigenvalue weighted by molar-refractivity contribution is 6.30. The Balaban J connectivity index is 1.35. The van der Waals surface area contributed by atoms with Crippen LogP contribution >= 0.6 is 11.6 Å². The van der Waals surface area contributed by atoms with Gasteiger partial charge in [-0.1, -0.05) is 11.6 Å². The number of hydrogen-bond donors (Lipinski definition) is 5. The summed E-state index contributed by atoms with van der Waals surface area (Å²) in [7, 11) is 0. The summed E-state index contributed by atoms with van der Waals surface area (Å²) in [4.78, 5) is 19.2. The zero-order valence-corrected chi connectivity index (χ0v) is 20.9. The molecule has 1 aromatic rings. The largest absolute Gasteiger partial charge is 0.359 e. The van der Waals surface area contributed by atoms with E-state index >= 15 is 0 Å². The van der Waals surface area contributed by atoms with Crippen molar-refractivity contribution < 1.29 is 9.18 Å². The number of piperazine rings is 1. The number of allylic oxidation sites excluding steroid dienone is 1. The van der Waals surface area contributed by atoms with Gasteiger partial charge in [-0.05, 0) is 45.0 Å². The molecule has 5 N–H and O–H groups in total. The van der Waals surface area contributed by atoms with Crippen molar-refractivity contribution in [2.24, 2.45) is 10.1 Å². The van der Waals surface area contributed by atoms with Crippen molar-refractivity contribution in [1.29, 1.82) is 0 Å². The molecule has 0 saturated carbocycles. The topological polar surface area (TPSA) is 105 Å². The van der Waals surface area contributed by atoms with Gasteiger partial charge < -0.3 is 21.3 Å². The molecule has 35 heavy (non-hydrogen) atoms. The molecule has 0 radical (unpaired) electrons. The Hall–Kier alpha value is -2.95. The second-order valence-electron chi connectivity index (χ2n) is 9.17. The molecule has 1 fully saturated rings. The molecule has 9 nitrogen and oxygen atoms in total. The number of benzene rings is 1. The van der Waals surface area contributed by atoms with Crippen LogP contribution in [0.2, 0.25) is 5.02 Å². The molecule has 3 aliphatic rings. The van der Waals surface area contributed by atoms with Crippen LogP contribution in [0.5, 0.6) is 0 Å². The van der Waals surface area contributed by atoms with Gasteiger partial charge in [0, 0.05) is 54.8 Å². The molecule has 4 atom stereocenters.